The van der Waals surface area contributed by atoms with Gasteiger partial charge in [0.2, 0.25) is 0 Å². The summed E-state index contributed by atoms with van der Waals surface area (Å²) in [5.74, 6) is 0.147. The molecule has 95 heavy (non-hydrogen) atoms. The van der Waals surface area contributed by atoms with Gasteiger partial charge in [0, 0.05) is 45.8 Å². The fourth-order valence-corrected chi connectivity index (χ4v) is 9.70. The van der Waals surface area contributed by atoms with Gasteiger partial charge in [0.1, 0.15) is 52.5 Å². The molecule has 0 aliphatic rings. The third-order valence-corrected chi connectivity index (χ3v) is 14.3. The zero-order chi connectivity index (χ0) is 69.7. The van der Waals surface area contributed by atoms with Crippen molar-refractivity contribution in [2.45, 2.75) is 92.9 Å². The van der Waals surface area contributed by atoms with Crippen LogP contribution in [0.3, 0.4) is 0 Å². The molecule has 18 nitrogen and oxygen atoms in total. The molecule has 0 amide bonds. The Kier molecular flexibility index (Phi) is 34.3. The highest BCUT2D eigenvalue weighted by atomic mass is 79.9. The van der Waals surface area contributed by atoms with Crippen LogP contribution in [-0.2, 0) is 23.8 Å². The number of phenols is 4. The first-order valence-electron chi connectivity index (χ1n) is 30.7. The van der Waals surface area contributed by atoms with Crippen molar-refractivity contribution in [2.75, 3.05) is 53.6 Å². The Balaban J connectivity index is 0.000000284. The van der Waals surface area contributed by atoms with Crippen molar-refractivity contribution in [2.24, 2.45) is 10.3 Å². The van der Waals surface area contributed by atoms with E-state index in [1.54, 1.807) is 109 Å². The maximum atomic E-state index is 11.8. The van der Waals surface area contributed by atoms with E-state index in [4.69, 9.17) is 44.2 Å². The van der Waals surface area contributed by atoms with Crippen LogP contribution in [-0.4, -0.2) is 115 Å². The highest BCUT2D eigenvalue weighted by Gasteiger charge is 2.15. The summed E-state index contributed by atoms with van der Waals surface area (Å²) in [6.45, 7) is 14.3. The fraction of sp³-hybridized carbons (Fsp3) is 0.289. The summed E-state index contributed by atoms with van der Waals surface area (Å²) in [5, 5.41) is 53.1. The van der Waals surface area contributed by atoms with E-state index >= 15 is 0 Å². The highest BCUT2D eigenvalue weighted by Crippen LogP contribution is 2.25. The van der Waals surface area contributed by atoms with Crippen molar-refractivity contribution in [1.29, 1.82) is 0 Å². The van der Waals surface area contributed by atoms with Crippen LogP contribution >= 0.6 is 15.9 Å². The van der Waals surface area contributed by atoms with Gasteiger partial charge < -0.3 is 58.9 Å². The number of alkyl halides is 1. The second kappa shape index (κ2) is 42.2. The molecule has 0 aliphatic heterocycles. The number of methoxy groups -OCH3 is 4. The topological polar surface area (TPSA) is 259 Å². The lowest BCUT2D eigenvalue weighted by atomic mass is 10.00. The van der Waals surface area contributed by atoms with Crippen molar-refractivity contribution in [3.8, 4) is 34.5 Å². The van der Waals surface area contributed by atoms with Gasteiger partial charge in [-0.3, -0.25) is 0 Å². The molecule has 0 saturated carbocycles. The fourth-order valence-electron chi connectivity index (χ4n) is 9.31. The number of oxime groups is 2. The van der Waals surface area contributed by atoms with Gasteiger partial charge >= 0.3 is 23.9 Å². The Bertz CT molecular complexity index is 3430. The molecule has 0 unspecified atom stereocenters. The monoisotopic (exact) mass is 1360 g/mol. The third kappa shape index (κ3) is 28.7. The van der Waals surface area contributed by atoms with E-state index in [2.05, 4.69) is 99.8 Å². The summed E-state index contributed by atoms with van der Waals surface area (Å²) in [6.07, 6.45) is 8.85. The van der Waals surface area contributed by atoms with Crippen molar-refractivity contribution < 1.29 is 78.1 Å². The molecule has 0 atom stereocenters. The van der Waals surface area contributed by atoms with Crippen LogP contribution < -0.4 is 9.47 Å². The van der Waals surface area contributed by atoms with Gasteiger partial charge in [-0.05, 0) is 198 Å². The van der Waals surface area contributed by atoms with E-state index in [9.17, 15) is 24.4 Å². The van der Waals surface area contributed by atoms with Crippen molar-refractivity contribution in [1.82, 2.24) is 0 Å². The first-order valence-corrected chi connectivity index (χ1v) is 31.9. The van der Waals surface area contributed by atoms with Crippen molar-refractivity contribution in [3.63, 3.8) is 0 Å². The molecular formula is C76H87BrN2O16. The van der Waals surface area contributed by atoms with Gasteiger partial charge in [-0.2, -0.15) is 0 Å². The Morgan fingerprint density at radius 3 is 0.863 bits per heavy atom. The number of aromatic hydroxyl groups is 4. The number of hydrogen-bond acceptors (Lipinski definition) is 18. The molecular weight excluding hydrogens is 1280 g/mol. The average molecular weight is 1360 g/mol. The van der Waals surface area contributed by atoms with E-state index in [-0.39, 0.29) is 17.2 Å². The Labute approximate surface area is 565 Å². The average Bonchev–Trinajstić information content (AvgIpc) is 0.957. The first-order chi connectivity index (χ1) is 45.6. The molecule has 0 aromatic heterocycles. The lowest BCUT2D eigenvalue weighted by Crippen LogP contribution is -2.08. The number of halogens is 1. The molecule has 0 aliphatic carbocycles. The summed E-state index contributed by atoms with van der Waals surface area (Å²) < 4.78 is 30.4. The van der Waals surface area contributed by atoms with Gasteiger partial charge in [0.25, 0.3) is 0 Å². The van der Waals surface area contributed by atoms with Crippen molar-refractivity contribution >= 4 is 51.2 Å². The van der Waals surface area contributed by atoms with E-state index in [1.807, 2.05) is 19.9 Å². The van der Waals surface area contributed by atoms with Crippen LogP contribution in [0.1, 0.15) is 148 Å². The summed E-state index contributed by atoms with van der Waals surface area (Å²) in [6, 6.07) is 48.3. The van der Waals surface area contributed by atoms with E-state index in [0.29, 0.717) is 63.8 Å². The molecule has 0 fully saturated rings. The van der Waals surface area contributed by atoms with Gasteiger partial charge in [-0.1, -0.05) is 106 Å². The lowest BCUT2D eigenvalue weighted by molar-refractivity contribution is 0.0592. The number of nitrogens with zero attached hydrogens (tertiary/aromatic N) is 2. The molecule has 0 heterocycles. The van der Waals surface area contributed by atoms with E-state index in [1.165, 1.54) is 70.0 Å². The number of carbonyl (C=O) groups excluding carboxylic acids is 4. The molecule has 0 radical (unpaired) electrons. The first kappa shape index (κ1) is 77.3. The third-order valence-electron chi connectivity index (χ3n) is 13.8. The normalized spacial score (nSPS) is 10.1. The van der Waals surface area contributed by atoms with Gasteiger partial charge in [0.05, 0.1) is 63.9 Å². The smallest absolute Gasteiger partial charge is 0.337 e. The minimum Gasteiger partial charge on any atom is -0.508 e. The van der Waals surface area contributed by atoms with Crippen LogP contribution in [0.15, 0.2) is 180 Å². The van der Waals surface area contributed by atoms with Crippen LogP contribution in [0.25, 0.3) is 0 Å². The van der Waals surface area contributed by atoms with Crippen LogP contribution in [0.4, 0.5) is 0 Å². The number of unbranched alkanes of at least 4 members (excludes halogenated alkanes) is 6. The highest BCUT2D eigenvalue weighted by molar-refractivity contribution is 9.09. The molecule has 19 heteroatoms. The zero-order valence-corrected chi connectivity index (χ0v) is 57.2. The van der Waals surface area contributed by atoms with Crippen molar-refractivity contribution in [3.05, 3.63) is 248 Å². The number of aryl methyl sites for hydroxylation is 6. The van der Waals surface area contributed by atoms with E-state index in [0.717, 1.165) is 96.0 Å². The molecule has 0 spiro atoms. The van der Waals surface area contributed by atoms with Crippen LogP contribution in [0.2, 0.25) is 0 Å². The number of esters is 4. The number of ether oxygens (including phenoxy) is 6. The molecule has 0 bridgehead atoms. The number of hydrogen-bond donors (Lipinski definition) is 5. The standard InChI is InChI=1S/C31H35NO6.C17H15NO5.C14H21BrO.C8H10O.C6H6O3/c1-22-19-23(2)21-28(20-22)37-17-7-5-6-8-18-38-32-29(24-9-13-26(14-10-24)30(33)35-3)25-11-15-27(16-12-25)31(34)36-4;1-22-16(19)13-7-3-11(4-8-13)15(18-21)12-5-9-14(10-6-12)17(20)23-2;1-12-9-13(2)11-14(10-12)16-8-6-4-3-5-7-15;1-6-3-7(2)5-8(9)4-6;7-4-1-5(8)3-6(9)2-4/h9-16,19-21H,5-8,17-18H2,1-4H3;3-10,21H,1-2H3;9-11H,3-8H2,1-2H3;3-5,9H,1-2H3;1-3,7-9H. The van der Waals surface area contributed by atoms with Gasteiger partial charge in [-0.15, -0.1) is 0 Å². The van der Waals surface area contributed by atoms with Gasteiger partial charge in [-0.25, -0.2) is 19.2 Å². The summed E-state index contributed by atoms with van der Waals surface area (Å²) >= 11 is 3.44. The minimum atomic E-state index is -0.443. The molecule has 504 valence electrons. The van der Waals surface area contributed by atoms with E-state index < -0.39 is 23.9 Å². The second-order valence-electron chi connectivity index (χ2n) is 21.9. The van der Waals surface area contributed by atoms with Gasteiger partial charge in [0.15, 0.2) is 0 Å². The number of rotatable bonds is 24. The number of phenolic OH excluding ortho intramolecular Hbond substituents is 4. The molecule has 8 aromatic carbocycles. The predicted octanol–water partition coefficient (Wildman–Crippen LogP) is 16.2. The summed E-state index contributed by atoms with van der Waals surface area (Å²) in [5.41, 5.74) is 12.5. The molecule has 8 rings (SSSR count). The predicted molar refractivity (Wildman–Crippen MR) is 373 cm³/mol. The minimum absolute atomic E-state index is 0.146. The molecule has 8 aromatic rings. The Morgan fingerprint density at radius 1 is 0.337 bits per heavy atom. The quantitative estimate of drug-likeness (QED) is 0.00716. The SMILES string of the molecule is COC(=O)c1ccc(C(=NO)c2ccc(C(=O)OC)cc2)cc1.COC(=O)c1ccc(C(=NOCCCCCCOc2cc(C)cc(C)c2)c2ccc(C(=O)OC)cc2)cc1.Cc1cc(C)cc(O)c1.Cc1cc(C)cc(OCCCCCCBr)c1.Oc1cc(O)cc(O)c1. The maximum absolute atomic E-state index is 11.8. The molecule has 0 saturated heterocycles. The number of benzene rings is 8. The number of carbonyl (C=O) groups is 4. The summed E-state index contributed by atoms with van der Waals surface area (Å²) in [7, 11) is 5.30. The summed E-state index contributed by atoms with van der Waals surface area (Å²) in [4.78, 5) is 52.1. The largest absolute Gasteiger partial charge is 0.508 e. The second-order valence-corrected chi connectivity index (χ2v) is 22.7. The lowest BCUT2D eigenvalue weighted by Gasteiger charge is -2.10. The van der Waals surface area contributed by atoms with Crippen LogP contribution in [0.5, 0.6) is 34.5 Å². The zero-order valence-electron chi connectivity index (χ0n) is 55.7. The Morgan fingerprint density at radius 2 is 0.589 bits per heavy atom. The molecule has 5 N–H and O–H groups in total. The maximum Gasteiger partial charge on any atom is 0.337 e. The Hall–Kier alpha value is -10.1. The van der Waals surface area contributed by atoms with Crippen LogP contribution in [0, 0.1) is 41.5 Å².